The van der Waals surface area contributed by atoms with Crippen molar-refractivity contribution in [3.05, 3.63) is 16.4 Å². The van der Waals surface area contributed by atoms with Crippen molar-refractivity contribution in [1.82, 2.24) is 15.2 Å². The molecular formula is C13H21BrN4. The quantitative estimate of drug-likeness (QED) is 0.664. The minimum atomic E-state index is 0.236. The first-order chi connectivity index (χ1) is 8.65. The molecule has 0 amide bonds. The lowest BCUT2D eigenvalue weighted by atomic mass is 10.0. The summed E-state index contributed by atoms with van der Waals surface area (Å²) in [5.74, 6) is 8.30. The van der Waals surface area contributed by atoms with E-state index >= 15 is 0 Å². The number of hydrogen-bond acceptors (Lipinski definition) is 3. The molecule has 0 aliphatic heterocycles. The summed E-state index contributed by atoms with van der Waals surface area (Å²) in [5, 5.41) is 4.46. The highest BCUT2D eigenvalue weighted by Crippen LogP contribution is 2.62. The van der Waals surface area contributed by atoms with E-state index in [-0.39, 0.29) is 6.04 Å². The number of nitrogens with one attached hydrogen (secondary N) is 1. The van der Waals surface area contributed by atoms with E-state index in [4.69, 9.17) is 5.84 Å². The lowest BCUT2D eigenvalue weighted by Crippen LogP contribution is -2.33. The van der Waals surface area contributed by atoms with Crippen LogP contribution in [-0.4, -0.2) is 9.78 Å². The van der Waals surface area contributed by atoms with Gasteiger partial charge >= 0.3 is 0 Å². The zero-order valence-corrected chi connectivity index (χ0v) is 12.5. The second-order valence-corrected chi connectivity index (χ2v) is 6.75. The van der Waals surface area contributed by atoms with Gasteiger partial charge in [-0.25, -0.2) is 0 Å². The molecule has 3 N–H and O–H groups in total. The summed E-state index contributed by atoms with van der Waals surface area (Å²) in [6.45, 7) is 4.31. The highest BCUT2D eigenvalue weighted by Gasteiger charge is 2.56. The third-order valence-corrected chi connectivity index (χ3v) is 5.22. The van der Waals surface area contributed by atoms with E-state index in [9.17, 15) is 0 Å². The van der Waals surface area contributed by atoms with Crippen LogP contribution in [0.1, 0.15) is 50.9 Å². The zero-order valence-electron chi connectivity index (χ0n) is 10.9. The van der Waals surface area contributed by atoms with E-state index in [1.54, 1.807) is 0 Å². The Morgan fingerprint density at radius 1 is 1.44 bits per heavy atom. The van der Waals surface area contributed by atoms with Gasteiger partial charge in [0.25, 0.3) is 0 Å². The molecule has 18 heavy (non-hydrogen) atoms. The predicted molar refractivity (Wildman–Crippen MR) is 74.7 cm³/mol. The number of aromatic nitrogens is 2. The van der Waals surface area contributed by atoms with Crippen LogP contribution in [0.15, 0.2) is 10.7 Å². The van der Waals surface area contributed by atoms with E-state index in [2.05, 4.69) is 45.0 Å². The third kappa shape index (κ3) is 1.84. The molecule has 4 nitrogen and oxygen atoms in total. The Balaban J connectivity index is 1.90. The molecule has 2 aliphatic carbocycles. The van der Waals surface area contributed by atoms with Gasteiger partial charge in [-0.2, -0.15) is 5.10 Å². The Labute approximate surface area is 116 Å². The molecule has 0 bridgehead atoms. The second-order valence-electron chi connectivity index (χ2n) is 5.90. The highest BCUT2D eigenvalue weighted by molar-refractivity contribution is 9.10. The van der Waals surface area contributed by atoms with Crippen molar-refractivity contribution >= 4 is 15.9 Å². The van der Waals surface area contributed by atoms with Gasteiger partial charge in [-0.1, -0.05) is 6.42 Å². The van der Waals surface area contributed by atoms with Gasteiger partial charge in [-0.05, 0) is 60.4 Å². The maximum atomic E-state index is 5.83. The predicted octanol–water partition coefficient (Wildman–Crippen LogP) is 2.78. The molecule has 0 radical (unpaired) electrons. The first-order valence-corrected chi connectivity index (χ1v) is 7.63. The van der Waals surface area contributed by atoms with Gasteiger partial charge in [0.1, 0.15) is 0 Å². The highest BCUT2D eigenvalue weighted by atomic mass is 79.9. The smallest absolute Gasteiger partial charge is 0.0715 e. The topological polar surface area (TPSA) is 55.9 Å². The number of hydrazine groups is 1. The molecule has 0 aromatic carbocycles. The molecule has 5 heteroatoms. The molecule has 0 spiro atoms. The van der Waals surface area contributed by atoms with Crippen molar-refractivity contribution in [3.63, 3.8) is 0 Å². The van der Waals surface area contributed by atoms with E-state index in [0.717, 1.165) is 16.3 Å². The van der Waals surface area contributed by atoms with E-state index < -0.39 is 0 Å². The van der Waals surface area contributed by atoms with Crippen LogP contribution in [0.3, 0.4) is 0 Å². The molecule has 0 saturated heterocycles. The van der Waals surface area contributed by atoms with Gasteiger partial charge in [0.2, 0.25) is 0 Å². The van der Waals surface area contributed by atoms with Crippen LogP contribution in [0.2, 0.25) is 0 Å². The van der Waals surface area contributed by atoms with Gasteiger partial charge in [-0.3, -0.25) is 16.0 Å². The van der Waals surface area contributed by atoms with Crippen LogP contribution in [-0.2, 0) is 0 Å². The Morgan fingerprint density at radius 3 is 2.67 bits per heavy atom. The van der Waals surface area contributed by atoms with E-state index in [1.165, 1.54) is 25.0 Å². The van der Waals surface area contributed by atoms with E-state index in [1.807, 2.05) is 6.20 Å². The lowest BCUT2D eigenvalue weighted by Gasteiger charge is -2.22. The van der Waals surface area contributed by atoms with Crippen molar-refractivity contribution < 1.29 is 0 Å². The normalized spacial score (nSPS) is 31.7. The van der Waals surface area contributed by atoms with Crippen molar-refractivity contribution in [3.8, 4) is 0 Å². The SMILES string of the molecule is CC(C)n1ncc(Br)c1C(NN)C1C2CCCC21. The summed E-state index contributed by atoms with van der Waals surface area (Å²) in [6.07, 6.45) is 6.04. The van der Waals surface area contributed by atoms with Crippen LogP contribution >= 0.6 is 15.9 Å². The molecular weight excluding hydrogens is 292 g/mol. The average Bonchev–Trinajstić information content (AvgIpc) is 2.72. The van der Waals surface area contributed by atoms with Crippen LogP contribution in [0.4, 0.5) is 0 Å². The van der Waals surface area contributed by atoms with Gasteiger partial charge in [0, 0.05) is 6.04 Å². The van der Waals surface area contributed by atoms with E-state index in [0.29, 0.717) is 12.0 Å². The molecule has 1 aromatic heterocycles. The lowest BCUT2D eigenvalue weighted by molar-refractivity contribution is 0.381. The number of hydrogen-bond donors (Lipinski definition) is 2. The van der Waals surface area contributed by atoms with Crippen molar-refractivity contribution in [1.29, 1.82) is 0 Å². The Kier molecular flexibility index (Phi) is 3.24. The standard InChI is InChI=1S/C13H21BrN4/c1-7(2)18-13(10(14)6-16-18)12(17-15)11-8-4-3-5-9(8)11/h6-9,11-12,17H,3-5,15H2,1-2H3. The van der Waals surface area contributed by atoms with Crippen molar-refractivity contribution in [2.45, 2.75) is 45.2 Å². The summed E-state index contributed by atoms with van der Waals surface area (Å²) in [6, 6.07) is 0.598. The molecule has 3 unspecified atom stereocenters. The monoisotopic (exact) mass is 312 g/mol. The van der Waals surface area contributed by atoms with Gasteiger partial charge in [-0.15, -0.1) is 0 Å². The first kappa shape index (κ1) is 12.6. The Bertz CT molecular complexity index is 432. The molecule has 3 atom stereocenters. The minimum Gasteiger partial charge on any atom is -0.271 e. The van der Waals surface area contributed by atoms with Crippen molar-refractivity contribution in [2.24, 2.45) is 23.6 Å². The van der Waals surface area contributed by atoms with Crippen LogP contribution in [0.25, 0.3) is 0 Å². The maximum Gasteiger partial charge on any atom is 0.0715 e. The maximum absolute atomic E-state index is 5.83. The fraction of sp³-hybridized carbons (Fsp3) is 0.769. The Morgan fingerprint density at radius 2 is 2.11 bits per heavy atom. The van der Waals surface area contributed by atoms with Gasteiger partial charge in [0.05, 0.1) is 22.4 Å². The summed E-state index contributed by atoms with van der Waals surface area (Å²) in [5.41, 5.74) is 4.26. The molecule has 2 aliphatic rings. The second kappa shape index (κ2) is 4.62. The summed E-state index contributed by atoms with van der Waals surface area (Å²) < 4.78 is 3.16. The summed E-state index contributed by atoms with van der Waals surface area (Å²) in [7, 11) is 0. The molecule has 1 heterocycles. The largest absolute Gasteiger partial charge is 0.271 e. The third-order valence-electron chi connectivity index (χ3n) is 4.61. The summed E-state index contributed by atoms with van der Waals surface area (Å²) >= 11 is 3.62. The van der Waals surface area contributed by atoms with Crippen LogP contribution in [0, 0.1) is 17.8 Å². The fourth-order valence-corrected chi connectivity index (χ4v) is 4.32. The zero-order chi connectivity index (χ0) is 12.9. The molecule has 100 valence electrons. The molecule has 1 aromatic rings. The van der Waals surface area contributed by atoms with Gasteiger partial charge < -0.3 is 0 Å². The molecule has 2 fully saturated rings. The number of rotatable bonds is 4. The Hall–Kier alpha value is -0.390. The molecule has 3 rings (SSSR count). The number of fused-ring (bicyclic) bond motifs is 1. The average molecular weight is 313 g/mol. The molecule has 2 saturated carbocycles. The van der Waals surface area contributed by atoms with Crippen LogP contribution < -0.4 is 11.3 Å². The number of halogens is 1. The summed E-state index contributed by atoms with van der Waals surface area (Å²) in [4.78, 5) is 0. The number of nitrogens with two attached hydrogens (primary N) is 1. The minimum absolute atomic E-state index is 0.236. The number of nitrogens with zero attached hydrogens (tertiary/aromatic N) is 2. The first-order valence-electron chi connectivity index (χ1n) is 6.84. The van der Waals surface area contributed by atoms with Crippen LogP contribution in [0.5, 0.6) is 0 Å². The van der Waals surface area contributed by atoms with Gasteiger partial charge in [0.15, 0.2) is 0 Å². The van der Waals surface area contributed by atoms with Crippen molar-refractivity contribution in [2.75, 3.05) is 0 Å². The fourth-order valence-electron chi connectivity index (χ4n) is 3.80.